The van der Waals surface area contributed by atoms with Gasteiger partial charge in [-0.15, -0.1) is 0 Å². The second-order valence-electron chi connectivity index (χ2n) is 4.24. The van der Waals surface area contributed by atoms with E-state index < -0.39 is 24.0 Å². The smallest absolute Gasteiger partial charge is 0.324 e. The molecule has 1 rings (SSSR count). The highest BCUT2D eigenvalue weighted by Gasteiger charge is 2.35. The summed E-state index contributed by atoms with van der Waals surface area (Å²) in [4.78, 5) is 36.0. The zero-order chi connectivity index (χ0) is 14.4. The van der Waals surface area contributed by atoms with E-state index in [1.807, 2.05) is 5.32 Å². The highest BCUT2D eigenvalue weighted by atomic mass is 16.5. The third kappa shape index (κ3) is 4.18. The average Bonchev–Trinajstić information content (AvgIpc) is 2.37. The summed E-state index contributed by atoms with van der Waals surface area (Å²) < 4.78 is 4.98. The number of carbonyl (C=O) groups excluding carboxylic acids is 3. The highest BCUT2D eigenvalue weighted by Crippen LogP contribution is 2.10. The third-order valence-corrected chi connectivity index (χ3v) is 2.97. The Morgan fingerprint density at radius 3 is 2.79 bits per heavy atom. The van der Waals surface area contributed by atoms with E-state index in [9.17, 15) is 14.4 Å². The number of hydrogen-bond donors (Lipinski definition) is 3. The van der Waals surface area contributed by atoms with Gasteiger partial charge in [0.2, 0.25) is 5.91 Å². The number of hydrogen-bond acceptors (Lipinski definition) is 6. The van der Waals surface area contributed by atoms with Crippen LogP contribution in [0.15, 0.2) is 0 Å². The Hall–Kier alpha value is -1.67. The average molecular weight is 272 g/mol. The van der Waals surface area contributed by atoms with Crippen molar-refractivity contribution in [3.8, 4) is 0 Å². The number of ether oxygens (including phenoxy) is 1. The zero-order valence-electron chi connectivity index (χ0n) is 11.1. The first-order valence-electron chi connectivity index (χ1n) is 6.20. The predicted octanol–water partition coefficient (Wildman–Crippen LogP) is -1.59. The quantitative estimate of drug-likeness (QED) is 0.531. The van der Waals surface area contributed by atoms with E-state index in [2.05, 4.69) is 5.32 Å². The van der Waals surface area contributed by atoms with Gasteiger partial charge in [0.25, 0.3) is 0 Å². The van der Waals surface area contributed by atoms with E-state index in [1.165, 1.54) is 0 Å². The van der Waals surface area contributed by atoms with Crippen molar-refractivity contribution < 1.29 is 19.1 Å². The molecule has 3 amide bonds. The lowest BCUT2D eigenvalue weighted by molar-refractivity contribution is -0.152. The van der Waals surface area contributed by atoms with E-state index in [-0.39, 0.29) is 12.6 Å². The molecule has 1 fully saturated rings. The van der Waals surface area contributed by atoms with Gasteiger partial charge < -0.3 is 15.8 Å². The fourth-order valence-corrected chi connectivity index (χ4v) is 2.02. The molecule has 0 radical (unpaired) electrons. The molecule has 2 atom stereocenters. The van der Waals surface area contributed by atoms with E-state index in [0.717, 1.165) is 0 Å². The van der Waals surface area contributed by atoms with Crippen molar-refractivity contribution >= 4 is 17.9 Å². The number of amides is 3. The van der Waals surface area contributed by atoms with E-state index in [1.54, 1.807) is 18.7 Å². The second-order valence-corrected chi connectivity index (χ2v) is 4.24. The number of carbonyl (C=O) groups is 3. The topological polar surface area (TPSA) is 114 Å². The zero-order valence-corrected chi connectivity index (χ0v) is 11.1. The lowest BCUT2D eigenvalue weighted by Crippen LogP contribution is -2.61. The van der Waals surface area contributed by atoms with Crippen LogP contribution >= 0.6 is 0 Å². The van der Waals surface area contributed by atoms with Crippen molar-refractivity contribution in [3.05, 3.63) is 0 Å². The van der Waals surface area contributed by atoms with Crippen LogP contribution in [0.1, 0.15) is 13.8 Å². The van der Waals surface area contributed by atoms with Crippen molar-refractivity contribution in [2.24, 2.45) is 5.73 Å². The van der Waals surface area contributed by atoms with Crippen LogP contribution in [0.2, 0.25) is 0 Å². The van der Waals surface area contributed by atoms with Crippen LogP contribution in [0.25, 0.3) is 0 Å². The van der Waals surface area contributed by atoms with Gasteiger partial charge in [-0.3, -0.25) is 19.8 Å². The molecule has 0 aromatic carbocycles. The molecule has 1 heterocycles. The minimum atomic E-state index is -0.903. The molecular weight excluding hydrogens is 252 g/mol. The number of urea groups is 1. The summed E-state index contributed by atoms with van der Waals surface area (Å²) in [7, 11) is 0. The molecule has 0 spiro atoms. The lowest BCUT2D eigenvalue weighted by Gasteiger charge is -2.37. The highest BCUT2D eigenvalue weighted by molar-refractivity contribution is 5.96. The summed E-state index contributed by atoms with van der Waals surface area (Å²) in [5.41, 5.74) is 4.91. The first-order chi connectivity index (χ1) is 8.97. The summed E-state index contributed by atoms with van der Waals surface area (Å²) in [5.74, 6) is -0.905. The minimum absolute atomic E-state index is 0.283. The minimum Gasteiger partial charge on any atom is -0.465 e. The molecule has 8 nitrogen and oxygen atoms in total. The monoisotopic (exact) mass is 272 g/mol. The molecule has 0 aromatic heterocycles. The molecule has 1 aliphatic heterocycles. The van der Waals surface area contributed by atoms with E-state index >= 15 is 0 Å². The summed E-state index contributed by atoms with van der Waals surface area (Å²) in [5, 5.41) is 5.09. The summed E-state index contributed by atoms with van der Waals surface area (Å²) in [6.07, 6.45) is 0. The van der Waals surface area contributed by atoms with Crippen LogP contribution in [-0.2, 0) is 14.3 Å². The number of nitrogens with two attached hydrogens (primary N) is 1. The van der Waals surface area contributed by atoms with Gasteiger partial charge in [-0.25, -0.2) is 4.79 Å². The summed E-state index contributed by atoms with van der Waals surface area (Å²) in [6.45, 7) is 5.20. The number of rotatable bonds is 4. The van der Waals surface area contributed by atoms with Crippen LogP contribution in [0.5, 0.6) is 0 Å². The largest absolute Gasteiger partial charge is 0.465 e. The number of piperazine rings is 1. The van der Waals surface area contributed by atoms with Crippen LogP contribution in [0, 0.1) is 0 Å². The Labute approximate surface area is 111 Å². The molecule has 4 N–H and O–H groups in total. The third-order valence-electron chi connectivity index (χ3n) is 2.97. The first-order valence-corrected chi connectivity index (χ1v) is 6.20. The van der Waals surface area contributed by atoms with Crippen molar-refractivity contribution in [1.82, 2.24) is 15.5 Å². The number of nitrogens with zero attached hydrogens (tertiary/aromatic N) is 1. The maximum absolute atomic E-state index is 11.8. The number of esters is 1. The molecule has 1 saturated heterocycles. The Balaban J connectivity index is 2.72. The molecule has 2 unspecified atom stereocenters. The standard InChI is InChI=1S/C11H20N4O4/c1-3-19-10(17)8-6-13-4-5-15(8)7(2)9(16)14-11(12)18/h7-8,13H,3-6H2,1-2H3,(H3,12,14,16,18). The normalized spacial score (nSPS) is 21.5. The molecule has 0 aliphatic carbocycles. The van der Waals surface area contributed by atoms with Crippen molar-refractivity contribution in [2.45, 2.75) is 25.9 Å². The molecule has 8 heteroatoms. The fraction of sp³-hybridized carbons (Fsp3) is 0.727. The Kier molecular flexibility index (Phi) is 5.71. The van der Waals surface area contributed by atoms with Gasteiger partial charge >= 0.3 is 12.0 Å². The summed E-state index contributed by atoms with van der Waals surface area (Å²) in [6, 6.07) is -2.08. The van der Waals surface area contributed by atoms with Gasteiger partial charge in [0.15, 0.2) is 0 Å². The van der Waals surface area contributed by atoms with Crippen molar-refractivity contribution in [2.75, 3.05) is 26.2 Å². The van der Waals surface area contributed by atoms with Crippen molar-refractivity contribution in [1.29, 1.82) is 0 Å². The second kappa shape index (κ2) is 7.05. The van der Waals surface area contributed by atoms with Gasteiger partial charge in [-0.2, -0.15) is 0 Å². The lowest BCUT2D eigenvalue weighted by atomic mass is 10.1. The van der Waals surface area contributed by atoms with Crippen LogP contribution in [0.4, 0.5) is 4.79 Å². The maximum Gasteiger partial charge on any atom is 0.324 e. The SMILES string of the molecule is CCOC(=O)C1CNCCN1C(C)C(=O)NC(N)=O. The Morgan fingerprint density at radius 2 is 2.21 bits per heavy atom. The molecular formula is C11H20N4O4. The van der Waals surface area contributed by atoms with Gasteiger partial charge in [0, 0.05) is 19.6 Å². The van der Waals surface area contributed by atoms with E-state index in [0.29, 0.717) is 19.6 Å². The molecule has 0 saturated carbocycles. The van der Waals surface area contributed by atoms with Crippen LogP contribution < -0.4 is 16.4 Å². The first kappa shape index (κ1) is 15.4. The number of imide groups is 1. The molecule has 108 valence electrons. The Morgan fingerprint density at radius 1 is 1.53 bits per heavy atom. The van der Waals surface area contributed by atoms with E-state index in [4.69, 9.17) is 10.5 Å². The molecule has 0 bridgehead atoms. The van der Waals surface area contributed by atoms with Gasteiger partial charge in [0.1, 0.15) is 6.04 Å². The number of nitrogens with one attached hydrogen (secondary N) is 2. The van der Waals surface area contributed by atoms with Crippen molar-refractivity contribution in [3.63, 3.8) is 0 Å². The molecule has 19 heavy (non-hydrogen) atoms. The van der Waals surface area contributed by atoms with Crippen LogP contribution in [0.3, 0.4) is 0 Å². The Bertz CT molecular complexity index is 361. The number of primary amides is 1. The van der Waals surface area contributed by atoms with Gasteiger partial charge in [-0.05, 0) is 13.8 Å². The molecule has 1 aliphatic rings. The summed E-state index contributed by atoms with van der Waals surface area (Å²) >= 11 is 0. The molecule has 0 aromatic rings. The van der Waals surface area contributed by atoms with Gasteiger partial charge in [0.05, 0.1) is 12.6 Å². The fourth-order valence-electron chi connectivity index (χ4n) is 2.02. The predicted molar refractivity (Wildman–Crippen MR) is 67.2 cm³/mol. The van der Waals surface area contributed by atoms with Gasteiger partial charge in [-0.1, -0.05) is 0 Å². The maximum atomic E-state index is 11.8. The van der Waals surface area contributed by atoms with Crippen LogP contribution in [-0.4, -0.2) is 61.1 Å².